The summed E-state index contributed by atoms with van der Waals surface area (Å²) >= 11 is 0. The van der Waals surface area contributed by atoms with Crippen LogP contribution in [-0.2, 0) is 4.79 Å². The molecule has 0 radical (unpaired) electrons. The Labute approximate surface area is 269 Å². The van der Waals surface area contributed by atoms with Crippen molar-refractivity contribution in [2.45, 2.75) is 155 Å². The van der Waals surface area contributed by atoms with Crippen LogP contribution in [0.1, 0.15) is 155 Å². The van der Waals surface area contributed by atoms with E-state index in [0.717, 1.165) is 36.2 Å². The smallest absolute Gasteiger partial charge is 0.162 e. The molecule has 1 heteroatoms. The predicted octanol–water partition coefficient (Wildman–Crippen LogP) is 13.2. The third kappa shape index (κ3) is 11.2. The standard InChI is InChI=1S/C15H24O.C15H26.C12H20/c1-6-12(2)8-9-13(16)15(5)11-7-10-14(15,3)4;1-6-12(2)9-10-14-13(3)8-7-11-15(14,4)5;1-5-7-11-10(2)8-6-9-12(11,3)4/h6,8-9H,7,10-11H2,1-5H3;6,9-10,13-14H,7-8,11H2,1-5H3;5,10H,6,8-9H2,1-4H3/b9-8+,12-6?;10-9+,12-6?;/t15-;13-,14-;7?,10-/m000/s1. The van der Waals surface area contributed by atoms with Crippen LogP contribution in [-0.4, -0.2) is 5.78 Å². The van der Waals surface area contributed by atoms with Crippen molar-refractivity contribution in [3.05, 3.63) is 65.0 Å². The molecular weight excluding hydrogens is 520 g/mol. The van der Waals surface area contributed by atoms with E-state index in [1.54, 1.807) is 6.08 Å². The summed E-state index contributed by atoms with van der Waals surface area (Å²) in [6.45, 7) is 31.2. The highest BCUT2D eigenvalue weighted by atomic mass is 16.1. The minimum Gasteiger partial charge on any atom is -0.294 e. The molecule has 0 aliphatic heterocycles. The van der Waals surface area contributed by atoms with E-state index >= 15 is 0 Å². The van der Waals surface area contributed by atoms with Crippen molar-refractivity contribution in [1.29, 1.82) is 0 Å². The predicted molar refractivity (Wildman–Crippen MR) is 192 cm³/mol. The first-order valence-corrected chi connectivity index (χ1v) is 17.5. The Balaban J connectivity index is 0.000000326. The number of carbonyl (C=O) groups excluding carboxylic acids is 1. The monoisotopic (exact) mass is 591 g/mol. The van der Waals surface area contributed by atoms with Crippen molar-refractivity contribution in [3.8, 4) is 0 Å². The first-order chi connectivity index (χ1) is 19.9. The minimum atomic E-state index is -0.169. The van der Waals surface area contributed by atoms with Crippen LogP contribution in [0.5, 0.6) is 0 Å². The van der Waals surface area contributed by atoms with Gasteiger partial charge in [-0.15, -0.1) is 5.73 Å². The van der Waals surface area contributed by atoms with Gasteiger partial charge in [0.1, 0.15) is 0 Å². The van der Waals surface area contributed by atoms with E-state index in [0.29, 0.717) is 10.8 Å². The lowest BCUT2D eigenvalue weighted by Gasteiger charge is -2.41. The fourth-order valence-corrected chi connectivity index (χ4v) is 7.53. The first kappa shape index (κ1) is 39.2. The number of carbonyl (C=O) groups is 1. The van der Waals surface area contributed by atoms with Crippen LogP contribution in [0.15, 0.2) is 65.0 Å². The molecular formula is C42H70O. The van der Waals surface area contributed by atoms with Gasteiger partial charge in [0.25, 0.3) is 0 Å². The fraction of sp³-hybridized carbons (Fsp3) is 0.714. The van der Waals surface area contributed by atoms with Gasteiger partial charge in [0.2, 0.25) is 0 Å². The van der Waals surface area contributed by atoms with Gasteiger partial charge >= 0.3 is 0 Å². The summed E-state index contributed by atoms with van der Waals surface area (Å²) < 4.78 is 0. The van der Waals surface area contributed by atoms with Crippen molar-refractivity contribution in [3.63, 3.8) is 0 Å². The minimum absolute atomic E-state index is 0.137. The lowest BCUT2D eigenvalue weighted by molar-refractivity contribution is -0.127. The highest BCUT2D eigenvalue weighted by Crippen LogP contribution is 2.53. The maximum Gasteiger partial charge on any atom is 0.162 e. The summed E-state index contributed by atoms with van der Waals surface area (Å²) in [6, 6.07) is 0. The Morgan fingerprint density at radius 2 is 1.33 bits per heavy atom. The molecule has 3 saturated carbocycles. The Bertz CT molecular complexity index is 1080. The molecule has 4 atom stereocenters. The molecule has 0 aromatic heterocycles. The summed E-state index contributed by atoms with van der Waals surface area (Å²) in [6.07, 6.45) is 26.3. The van der Waals surface area contributed by atoms with E-state index in [4.69, 9.17) is 0 Å². The maximum absolute atomic E-state index is 12.3. The zero-order valence-electron chi connectivity index (χ0n) is 31.0. The van der Waals surface area contributed by atoms with E-state index in [1.807, 2.05) is 26.0 Å². The fourth-order valence-electron chi connectivity index (χ4n) is 7.53. The van der Waals surface area contributed by atoms with Crippen molar-refractivity contribution < 1.29 is 4.79 Å². The molecule has 0 heterocycles. The van der Waals surface area contributed by atoms with Gasteiger partial charge in [-0.05, 0) is 118 Å². The molecule has 0 aromatic rings. The Morgan fingerprint density at radius 3 is 1.81 bits per heavy atom. The summed E-state index contributed by atoms with van der Waals surface area (Å²) in [5, 5.41) is 0. The van der Waals surface area contributed by atoms with Gasteiger partial charge in [-0.1, -0.05) is 130 Å². The molecule has 3 aliphatic carbocycles. The third-order valence-electron chi connectivity index (χ3n) is 11.4. The van der Waals surface area contributed by atoms with Gasteiger partial charge in [-0.3, -0.25) is 4.79 Å². The van der Waals surface area contributed by atoms with Crippen molar-refractivity contribution in [2.24, 2.45) is 39.4 Å². The van der Waals surface area contributed by atoms with Crippen LogP contribution in [0.3, 0.4) is 0 Å². The molecule has 3 aliphatic rings. The number of hydrogen-bond donors (Lipinski definition) is 0. The molecule has 3 fully saturated rings. The number of allylic oxidation sites excluding steroid dienone is 9. The summed E-state index contributed by atoms with van der Waals surface area (Å²) in [7, 11) is 0. The van der Waals surface area contributed by atoms with E-state index in [1.165, 1.54) is 56.1 Å². The van der Waals surface area contributed by atoms with E-state index in [9.17, 15) is 4.79 Å². The number of rotatable bonds is 5. The molecule has 3 rings (SSSR count). The van der Waals surface area contributed by atoms with Crippen LogP contribution in [0.4, 0.5) is 0 Å². The quantitative estimate of drug-likeness (QED) is 0.177. The Kier molecular flexibility index (Phi) is 15.5. The van der Waals surface area contributed by atoms with Gasteiger partial charge in [-0.2, -0.15) is 0 Å². The lowest BCUT2D eigenvalue weighted by Crippen LogP contribution is -2.36. The topological polar surface area (TPSA) is 17.1 Å². The maximum atomic E-state index is 12.3. The molecule has 1 nitrogen and oxygen atoms in total. The summed E-state index contributed by atoms with van der Waals surface area (Å²) in [4.78, 5) is 12.3. The van der Waals surface area contributed by atoms with Gasteiger partial charge in [0, 0.05) is 5.41 Å². The molecule has 0 bridgehead atoms. The Morgan fingerprint density at radius 1 is 0.744 bits per heavy atom. The summed E-state index contributed by atoms with van der Waals surface area (Å²) in [5.41, 5.74) is 8.31. The van der Waals surface area contributed by atoms with Crippen molar-refractivity contribution in [1.82, 2.24) is 0 Å². The molecule has 43 heavy (non-hydrogen) atoms. The SMILES string of the molecule is CC=C(C)/C=C/C(=O)[C@]1(C)CCCC1(C)C.CC=C(C)/C=C/[C@H]1[C@@H](C)CCCC1(C)C.CC=C=C1[C@@H](C)CCCC1(C)C. The number of ketones is 1. The highest BCUT2D eigenvalue weighted by Gasteiger charge is 2.49. The van der Waals surface area contributed by atoms with Gasteiger partial charge < -0.3 is 0 Å². The second-order valence-corrected chi connectivity index (χ2v) is 16.1. The van der Waals surface area contributed by atoms with Crippen molar-refractivity contribution in [2.75, 3.05) is 0 Å². The lowest BCUT2D eigenvalue weighted by atomic mass is 9.64. The second kappa shape index (κ2) is 17.0. The number of hydrogen-bond acceptors (Lipinski definition) is 1. The second-order valence-electron chi connectivity index (χ2n) is 16.1. The average Bonchev–Trinajstić information content (AvgIpc) is 3.21. The third-order valence-corrected chi connectivity index (χ3v) is 11.4. The highest BCUT2D eigenvalue weighted by molar-refractivity contribution is 5.95. The van der Waals surface area contributed by atoms with Crippen LogP contribution < -0.4 is 0 Å². The van der Waals surface area contributed by atoms with Crippen molar-refractivity contribution >= 4 is 5.78 Å². The van der Waals surface area contributed by atoms with Crippen LogP contribution in [0, 0.1) is 39.4 Å². The van der Waals surface area contributed by atoms with E-state index in [2.05, 4.69) is 113 Å². The van der Waals surface area contributed by atoms with Gasteiger partial charge in [-0.25, -0.2) is 0 Å². The molecule has 0 spiro atoms. The zero-order chi connectivity index (χ0) is 33.1. The zero-order valence-corrected chi connectivity index (χ0v) is 31.0. The van der Waals surface area contributed by atoms with Crippen LogP contribution in [0.25, 0.3) is 0 Å². The normalized spacial score (nSPS) is 30.2. The molecule has 0 N–H and O–H groups in total. The van der Waals surface area contributed by atoms with E-state index < -0.39 is 0 Å². The molecule has 0 unspecified atom stereocenters. The molecule has 244 valence electrons. The summed E-state index contributed by atoms with van der Waals surface area (Å²) in [5.74, 6) is 2.62. The van der Waals surface area contributed by atoms with Crippen LogP contribution >= 0.6 is 0 Å². The average molecular weight is 591 g/mol. The van der Waals surface area contributed by atoms with E-state index in [-0.39, 0.29) is 16.6 Å². The first-order valence-electron chi connectivity index (χ1n) is 17.5. The Hall–Kier alpha value is -1.85. The molecule has 0 aromatic carbocycles. The van der Waals surface area contributed by atoms with Crippen LogP contribution in [0.2, 0.25) is 0 Å². The molecule has 0 amide bonds. The molecule has 0 saturated heterocycles. The van der Waals surface area contributed by atoms with Gasteiger partial charge in [0.05, 0.1) is 0 Å². The van der Waals surface area contributed by atoms with Gasteiger partial charge in [0.15, 0.2) is 5.78 Å². The largest absolute Gasteiger partial charge is 0.294 e.